The zero-order chi connectivity index (χ0) is 33.9. The molecule has 48 heavy (non-hydrogen) atoms. The summed E-state index contributed by atoms with van der Waals surface area (Å²) in [6, 6.07) is 26.3. The second-order valence-corrected chi connectivity index (χ2v) is 13.0. The lowest BCUT2D eigenvalue weighted by molar-refractivity contribution is 0.395. The summed E-state index contributed by atoms with van der Waals surface area (Å²) in [7, 11) is 8.83. The Morgan fingerprint density at radius 1 is 0.312 bits per heavy atom. The van der Waals surface area contributed by atoms with Crippen LogP contribution in [0.5, 0.6) is 28.7 Å². The maximum atomic E-state index is 6.18. The van der Waals surface area contributed by atoms with E-state index in [1.54, 1.807) is 35.5 Å². The third-order valence-electron chi connectivity index (χ3n) is 9.44. The monoisotopic (exact) mass is 642 g/mol. The maximum absolute atomic E-state index is 6.18. The summed E-state index contributed by atoms with van der Waals surface area (Å²) in [4.78, 5) is 0. The highest BCUT2D eigenvalue weighted by Crippen LogP contribution is 2.40. The number of benzene rings is 5. The second kappa shape index (κ2) is 14.1. The molecule has 0 aliphatic heterocycles. The van der Waals surface area contributed by atoms with E-state index in [1.165, 1.54) is 16.7 Å². The first-order valence-corrected chi connectivity index (χ1v) is 16.5. The summed E-state index contributed by atoms with van der Waals surface area (Å²) in [6.07, 6.45) is 3.38. The van der Waals surface area contributed by atoms with Crippen LogP contribution < -0.4 is 23.7 Å². The molecule has 0 N–H and O–H groups in total. The molecule has 6 rings (SSSR count). The highest BCUT2D eigenvalue weighted by atomic mass is 16.5. The molecule has 0 unspecified atom stereocenters. The normalized spacial score (nSPS) is 12.6. The summed E-state index contributed by atoms with van der Waals surface area (Å²) in [5.41, 5.74) is 14.8. The van der Waals surface area contributed by atoms with Crippen molar-refractivity contribution in [3.8, 4) is 28.7 Å². The predicted molar refractivity (Wildman–Crippen MR) is 193 cm³/mol. The van der Waals surface area contributed by atoms with Gasteiger partial charge in [-0.1, -0.05) is 89.5 Å². The van der Waals surface area contributed by atoms with Gasteiger partial charge in [-0.05, 0) is 76.4 Å². The van der Waals surface area contributed by atoms with Crippen molar-refractivity contribution in [3.05, 3.63) is 145 Å². The Kier molecular flexibility index (Phi) is 9.68. The van der Waals surface area contributed by atoms with Gasteiger partial charge in [0.15, 0.2) is 0 Å². The van der Waals surface area contributed by atoms with E-state index in [0.717, 1.165) is 84.4 Å². The molecule has 10 bridgehead atoms. The Morgan fingerprint density at radius 2 is 0.500 bits per heavy atom. The molecule has 0 saturated heterocycles. The highest BCUT2D eigenvalue weighted by Gasteiger charge is 2.22. The van der Waals surface area contributed by atoms with Crippen molar-refractivity contribution in [2.75, 3.05) is 35.5 Å². The van der Waals surface area contributed by atoms with Crippen molar-refractivity contribution in [2.45, 2.75) is 52.9 Å². The van der Waals surface area contributed by atoms with Gasteiger partial charge in [0.25, 0.3) is 0 Å². The van der Waals surface area contributed by atoms with E-state index < -0.39 is 0 Å². The molecule has 0 amide bonds. The Bertz CT molecular complexity index is 1840. The Labute approximate surface area is 285 Å². The summed E-state index contributed by atoms with van der Waals surface area (Å²) in [5, 5.41) is 0. The van der Waals surface area contributed by atoms with Crippen LogP contribution in [0.2, 0.25) is 0 Å². The van der Waals surface area contributed by atoms with Gasteiger partial charge < -0.3 is 23.7 Å². The van der Waals surface area contributed by atoms with Gasteiger partial charge in [0.05, 0.1) is 35.5 Å². The van der Waals surface area contributed by atoms with Crippen LogP contribution in [0.15, 0.2) is 72.8 Å². The van der Waals surface area contributed by atoms with Gasteiger partial charge in [-0.15, -0.1) is 0 Å². The topological polar surface area (TPSA) is 46.2 Å². The molecule has 0 radical (unpaired) electrons. The van der Waals surface area contributed by atoms with Crippen molar-refractivity contribution in [1.82, 2.24) is 0 Å². The fourth-order valence-corrected chi connectivity index (χ4v) is 7.74. The minimum Gasteiger partial charge on any atom is -0.496 e. The molecule has 0 saturated carbocycles. The second-order valence-electron chi connectivity index (χ2n) is 13.0. The summed E-state index contributed by atoms with van der Waals surface area (Å²) < 4.78 is 30.9. The van der Waals surface area contributed by atoms with Crippen LogP contribution in [0, 0.1) is 20.8 Å². The van der Waals surface area contributed by atoms with Crippen molar-refractivity contribution < 1.29 is 23.7 Å². The first kappa shape index (κ1) is 33.0. The minimum absolute atomic E-state index is 0.676. The van der Waals surface area contributed by atoms with E-state index in [1.807, 2.05) is 0 Å². The molecule has 5 nitrogen and oxygen atoms in total. The van der Waals surface area contributed by atoms with Gasteiger partial charge >= 0.3 is 0 Å². The molecule has 248 valence electrons. The number of aryl methyl sites for hydroxylation is 3. The zero-order valence-corrected chi connectivity index (χ0v) is 29.5. The van der Waals surface area contributed by atoms with Gasteiger partial charge in [-0.3, -0.25) is 0 Å². The van der Waals surface area contributed by atoms with Crippen molar-refractivity contribution in [1.29, 1.82) is 0 Å². The van der Waals surface area contributed by atoms with Crippen LogP contribution >= 0.6 is 0 Å². The van der Waals surface area contributed by atoms with Gasteiger partial charge in [0.1, 0.15) is 28.7 Å². The number of methoxy groups -OCH3 is 5. The first-order valence-electron chi connectivity index (χ1n) is 16.5. The van der Waals surface area contributed by atoms with Gasteiger partial charge in [0.2, 0.25) is 0 Å². The molecule has 0 aromatic heterocycles. The Balaban J connectivity index is 1.63. The van der Waals surface area contributed by atoms with Crippen molar-refractivity contribution in [3.63, 3.8) is 0 Å². The van der Waals surface area contributed by atoms with Gasteiger partial charge in [-0.25, -0.2) is 0 Å². The molecule has 1 aliphatic rings. The first-order chi connectivity index (χ1) is 23.3. The third kappa shape index (κ3) is 6.47. The highest BCUT2D eigenvalue weighted by molar-refractivity contribution is 5.58. The molecule has 5 aromatic rings. The molecule has 0 fully saturated rings. The summed E-state index contributed by atoms with van der Waals surface area (Å²) in [6.45, 7) is 6.45. The van der Waals surface area contributed by atoms with Crippen LogP contribution in [-0.4, -0.2) is 35.5 Å². The smallest absolute Gasteiger partial charge is 0.125 e. The molecular formula is C43H46O5. The van der Waals surface area contributed by atoms with Crippen LogP contribution in [0.3, 0.4) is 0 Å². The lowest BCUT2D eigenvalue weighted by Gasteiger charge is -2.22. The Hall–Kier alpha value is -4.90. The molecule has 0 atom stereocenters. The number of para-hydroxylation sites is 2. The van der Waals surface area contributed by atoms with Gasteiger partial charge in [-0.2, -0.15) is 0 Å². The predicted octanol–water partition coefficient (Wildman–Crippen LogP) is 8.92. The molecule has 0 heterocycles. The van der Waals surface area contributed by atoms with Crippen molar-refractivity contribution in [2.24, 2.45) is 0 Å². The number of rotatable bonds is 5. The standard InChI is InChI=1S/C43H46O5/c1-26-15-33-21-29-11-9-13-31(39(29)44-4)23-35-17-27(2)19-37(42(35)47-7)25-38-20-28(3)18-36(43(38)48-8)24-32-14-10-12-30(40(32)45-5)22-34(16-26)41(33)46-6/h9-20H,21-25H2,1-8H3. The number of ether oxygens (including phenoxy) is 5. The van der Waals surface area contributed by atoms with E-state index in [2.05, 4.69) is 93.6 Å². The van der Waals surface area contributed by atoms with Crippen LogP contribution in [0.4, 0.5) is 0 Å². The van der Waals surface area contributed by atoms with E-state index in [4.69, 9.17) is 23.7 Å². The molecule has 0 spiro atoms. The number of hydrogen-bond donors (Lipinski definition) is 0. The molecule has 5 aromatic carbocycles. The Morgan fingerprint density at radius 3 is 0.708 bits per heavy atom. The van der Waals surface area contributed by atoms with Crippen LogP contribution in [0.25, 0.3) is 0 Å². The van der Waals surface area contributed by atoms with Gasteiger partial charge in [0, 0.05) is 32.1 Å². The zero-order valence-electron chi connectivity index (χ0n) is 29.5. The molecule has 5 heteroatoms. The molecule has 1 aliphatic carbocycles. The van der Waals surface area contributed by atoms with E-state index in [0.29, 0.717) is 32.1 Å². The van der Waals surface area contributed by atoms with E-state index in [-0.39, 0.29) is 0 Å². The lowest BCUT2D eigenvalue weighted by Crippen LogP contribution is -2.07. The number of hydrogen-bond acceptors (Lipinski definition) is 5. The van der Waals surface area contributed by atoms with Crippen molar-refractivity contribution >= 4 is 0 Å². The van der Waals surface area contributed by atoms with Crippen LogP contribution in [0.1, 0.15) is 72.3 Å². The SMILES string of the molecule is COc1c2cccc1Cc1cc(C)cc(c1OC)Cc1cc(C)cc(c1OC)Cc1cccc(c1OC)Cc1cc(C)cc(c1OC)C2. The fourth-order valence-electron chi connectivity index (χ4n) is 7.74. The number of fused-ring (bicyclic) bond motifs is 10. The van der Waals surface area contributed by atoms with Crippen LogP contribution in [-0.2, 0) is 32.1 Å². The summed E-state index contributed by atoms with van der Waals surface area (Å²) >= 11 is 0. The largest absolute Gasteiger partial charge is 0.496 e. The summed E-state index contributed by atoms with van der Waals surface area (Å²) in [5.74, 6) is 4.46. The quantitative estimate of drug-likeness (QED) is 0.188. The minimum atomic E-state index is 0.676. The third-order valence-corrected chi connectivity index (χ3v) is 9.44. The maximum Gasteiger partial charge on any atom is 0.125 e. The average molecular weight is 643 g/mol. The van der Waals surface area contributed by atoms with E-state index in [9.17, 15) is 0 Å². The average Bonchev–Trinajstić information content (AvgIpc) is 3.04. The lowest BCUT2D eigenvalue weighted by atomic mass is 9.89. The molecular weight excluding hydrogens is 596 g/mol. The van der Waals surface area contributed by atoms with E-state index >= 15 is 0 Å². The fraction of sp³-hybridized carbons (Fsp3) is 0.302.